The van der Waals surface area contributed by atoms with Crippen molar-refractivity contribution in [2.45, 2.75) is 12.8 Å². The van der Waals surface area contributed by atoms with Crippen molar-refractivity contribution in [2.75, 3.05) is 0 Å². The first-order valence-electron chi connectivity index (χ1n) is 5.14. The van der Waals surface area contributed by atoms with E-state index in [4.69, 9.17) is 16.3 Å². The number of hydrogen-bond donors (Lipinski definition) is 0. The maximum atomic E-state index is 13.0. The largest absolute Gasteiger partial charge is 0.439 e. The molecular formula is C13H11ClFNO. The van der Waals surface area contributed by atoms with Gasteiger partial charge in [0.1, 0.15) is 11.6 Å². The van der Waals surface area contributed by atoms with Crippen LogP contribution in [0.4, 0.5) is 4.39 Å². The molecule has 2 rings (SSSR count). The van der Waals surface area contributed by atoms with Gasteiger partial charge in [0.05, 0.1) is 12.1 Å². The van der Waals surface area contributed by atoms with E-state index in [1.807, 2.05) is 31.2 Å². The maximum Gasteiger partial charge on any atom is 0.223 e. The lowest BCUT2D eigenvalue weighted by Gasteiger charge is -2.08. The van der Waals surface area contributed by atoms with Gasteiger partial charge in [0.25, 0.3) is 0 Å². The molecule has 1 aromatic heterocycles. The Balaban J connectivity index is 2.29. The smallest absolute Gasteiger partial charge is 0.223 e. The summed E-state index contributed by atoms with van der Waals surface area (Å²) in [7, 11) is 0. The highest BCUT2D eigenvalue weighted by Crippen LogP contribution is 2.25. The van der Waals surface area contributed by atoms with E-state index >= 15 is 0 Å². The predicted octanol–water partition coefficient (Wildman–Crippen LogP) is 4.06. The van der Waals surface area contributed by atoms with E-state index in [1.165, 1.54) is 6.07 Å². The van der Waals surface area contributed by atoms with Crippen LogP contribution in [0.15, 0.2) is 36.5 Å². The van der Waals surface area contributed by atoms with Gasteiger partial charge in [-0.3, -0.25) is 0 Å². The van der Waals surface area contributed by atoms with Crippen molar-refractivity contribution >= 4 is 11.6 Å². The summed E-state index contributed by atoms with van der Waals surface area (Å²) >= 11 is 5.71. The molecule has 0 bridgehead atoms. The molecule has 0 saturated heterocycles. The second kappa shape index (κ2) is 5.15. The SMILES string of the molecule is Cc1cccc(Oc2ncc(F)cc2CCl)c1. The molecule has 0 amide bonds. The van der Waals surface area contributed by atoms with Gasteiger partial charge in [0.2, 0.25) is 5.88 Å². The van der Waals surface area contributed by atoms with Gasteiger partial charge in [0.15, 0.2) is 0 Å². The Morgan fingerprint density at radius 2 is 2.18 bits per heavy atom. The zero-order valence-corrected chi connectivity index (χ0v) is 10.0. The molecule has 0 aliphatic heterocycles. The summed E-state index contributed by atoms with van der Waals surface area (Å²) in [4.78, 5) is 3.89. The summed E-state index contributed by atoms with van der Waals surface area (Å²) in [5.41, 5.74) is 1.62. The summed E-state index contributed by atoms with van der Waals surface area (Å²) in [6.45, 7) is 1.97. The van der Waals surface area contributed by atoms with E-state index < -0.39 is 5.82 Å². The third kappa shape index (κ3) is 2.94. The molecular weight excluding hydrogens is 241 g/mol. The summed E-state index contributed by atoms with van der Waals surface area (Å²) in [5.74, 6) is 0.742. The number of halogens is 2. The fourth-order valence-corrected chi connectivity index (χ4v) is 1.64. The van der Waals surface area contributed by atoms with Gasteiger partial charge in [0, 0.05) is 5.56 Å². The van der Waals surface area contributed by atoms with Crippen LogP contribution in [0, 0.1) is 12.7 Å². The zero-order chi connectivity index (χ0) is 12.3. The predicted molar refractivity (Wildman–Crippen MR) is 65.0 cm³/mol. The quantitative estimate of drug-likeness (QED) is 0.768. The first-order valence-corrected chi connectivity index (χ1v) is 5.67. The number of pyridine rings is 1. The number of hydrogen-bond acceptors (Lipinski definition) is 2. The van der Waals surface area contributed by atoms with Crippen LogP contribution >= 0.6 is 11.6 Å². The lowest BCUT2D eigenvalue weighted by atomic mass is 10.2. The van der Waals surface area contributed by atoms with Gasteiger partial charge in [-0.15, -0.1) is 11.6 Å². The summed E-state index contributed by atoms with van der Waals surface area (Å²) < 4.78 is 18.5. The molecule has 0 aliphatic rings. The van der Waals surface area contributed by atoms with Gasteiger partial charge in [-0.25, -0.2) is 9.37 Å². The van der Waals surface area contributed by atoms with Gasteiger partial charge >= 0.3 is 0 Å². The molecule has 2 nitrogen and oxygen atoms in total. The highest BCUT2D eigenvalue weighted by Gasteiger charge is 2.07. The van der Waals surface area contributed by atoms with Crippen molar-refractivity contribution in [3.8, 4) is 11.6 Å². The Morgan fingerprint density at radius 1 is 1.35 bits per heavy atom. The van der Waals surface area contributed by atoms with Gasteiger partial charge in [-0.2, -0.15) is 0 Å². The number of alkyl halides is 1. The second-order valence-electron chi connectivity index (χ2n) is 3.67. The van der Waals surface area contributed by atoms with Crippen LogP contribution in [-0.2, 0) is 5.88 Å². The number of ether oxygens (including phenoxy) is 1. The van der Waals surface area contributed by atoms with E-state index in [0.29, 0.717) is 17.2 Å². The summed E-state index contributed by atoms with van der Waals surface area (Å²) in [5, 5.41) is 0. The Bertz CT molecular complexity index is 531. The highest BCUT2D eigenvalue weighted by atomic mass is 35.5. The number of benzene rings is 1. The van der Waals surface area contributed by atoms with Crippen molar-refractivity contribution in [2.24, 2.45) is 0 Å². The first kappa shape index (κ1) is 11.9. The molecule has 0 aliphatic carbocycles. The lowest BCUT2D eigenvalue weighted by Crippen LogP contribution is -1.94. The topological polar surface area (TPSA) is 22.1 Å². The monoisotopic (exact) mass is 251 g/mol. The molecule has 17 heavy (non-hydrogen) atoms. The average Bonchev–Trinajstić information content (AvgIpc) is 2.31. The van der Waals surface area contributed by atoms with Crippen LogP contribution in [0.1, 0.15) is 11.1 Å². The lowest BCUT2D eigenvalue weighted by molar-refractivity contribution is 0.454. The molecule has 2 aromatic rings. The maximum absolute atomic E-state index is 13.0. The van der Waals surface area contributed by atoms with Gasteiger partial charge in [-0.1, -0.05) is 12.1 Å². The summed E-state index contributed by atoms with van der Waals surface area (Å²) in [6.07, 6.45) is 1.11. The minimum Gasteiger partial charge on any atom is -0.439 e. The molecule has 88 valence electrons. The normalized spacial score (nSPS) is 10.3. The third-order valence-electron chi connectivity index (χ3n) is 2.24. The van der Waals surface area contributed by atoms with Crippen molar-refractivity contribution in [1.29, 1.82) is 0 Å². The molecule has 0 N–H and O–H groups in total. The van der Waals surface area contributed by atoms with Crippen molar-refractivity contribution in [1.82, 2.24) is 4.98 Å². The minimum absolute atomic E-state index is 0.159. The van der Waals surface area contributed by atoms with E-state index in [9.17, 15) is 4.39 Å². The third-order valence-corrected chi connectivity index (χ3v) is 2.53. The number of rotatable bonds is 3. The van der Waals surface area contributed by atoms with E-state index in [0.717, 1.165) is 11.8 Å². The molecule has 0 fully saturated rings. The fraction of sp³-hybridized carbons (Fsp3) is 0.154. The Morgan fingerprint density at radius 3 is 2.88 bits per heavy atom. The number of nitrogens with zero attached hydrogens (tertiary/aromatic N) is 1. The number of aryl methyl sites for hydroxylation is 1. The van der Waals surface area contributed by atoms with Crippen LogP contribution in [-0.4, -0.2) is 4.98 Å². The van der Waals surface area contributed by atoms with Gasteiger partial charge < -0.3 is 4.74 Å². The molecule has 0 atom stereocenters. The minimum atomic E-state index is -0.419. The first-order chi connectivity index (χ1) is 8.19. The Hall–Kier alpha value is -1.61. The molecule has 1 heterocycles. The van der Waals surface area contributed by atoms with Crippen molar-refractivity contribution < 1.29 is 9.13 Å². The van der Waals surface area contributed by atoms with Crippen LogP contribution in [0.25, 0.3) is 0 Å². The van der Waals surface area contributed by atoms with Crippen LogP contribution < -0.4 is 4.74 Å². The van der Waals surface area contributed by atoms with Crippen molar-refractivity contribution in [3.63, 3.8) is 0 Å². The molecule has 0 unspecified atom stereocenters. The van der Waals surface area contributed by atoms with E-state index in [2.05, 4.69) is 4.98 Å². The van der Waals surface area contributed by atoms with E-state index in [-0.39, 0.29) is 5.88 Å². The molecule has 4 heteroatoms. The summed E-state index contributed by atoms with van der Waals surface area (Å²) in [6, 6.07) is 8.87. The highest BCUT2D eigenvalue weighted by molar-refractivity contribution is 6.17. The molecule has 0 radical (unpaired) electrons. The average molecular weight is 252 g/mol. The van der Waals surface area contributed by atoms with Crippen LogP contribution in [0.3, 0.4) is 0 Å². The molecule has 1 aromatic carbocycles. The standard InChI is InChI=1S/C13H11ClFNO/c1-9-3-2-4-12(5-9)17-13-10(7-14)6-11(15)8-16-13/h2-6,8H,7H2,1H3. The van der Waals surface area contributed by atoms with Crippen molar-refractivity contribution in [3.05, 3.63) is 53.5 Å². The van der Waals surface area contributed by atoms with Gasteiger partial charge in [-0.05, 0) is 30.7 Å². The Kier molecular flexibility index (Phi) is 3.59. The van der Waals surface area contributed by atoms with Crippen LogP contribution in [0.2, 0.25) is 0 Å². The molecule has 0 spiro atoms. The zero-order valence-electron chi connectivity index (χ0n) is 9.28. The molecule has 0 saturated carbocycles. The van der Waals surface area contributed by atoms with Crippen LogP contribution in [0.5, 0.6) is 11.6 Å². The van der Waals surface area contributed by atoms with E-state index in [1.54, 1.807) is 0 Å². The Labute approximate surface area is 104 Å². The number of aromatic nitrogens is 1. The fourth-order valence-electron chi connectivity index (χ4n) is 1.45. The second-order valence-corrected chi connectivity index (χ2v) is 3.94.